The number of hydrogen-bond acceptors (Lipinski definition) is 5. The molecule has 0 unspecified atom stereocenters. The Bertz CT molecular complexity index is 907. The summed E-state index contributed by atoms with van der Waals surface area (Å²) in [5, 5.41) is 13.5. The van der Waals surface area contributed by atoms with E-state index in [9.17, 15) is 9.90 Å². The normalized spacial score (nSPS) is 17.5. The van der Waals surface area contributed by atoms with E-state index in [0.29, 0.717) is 23.8 Å². The van der Waals surface area contributed by atoms with Crippen LogP contribution in [0.3, 0.4) is 0 Å². The van der Waals surface area contributed by atoms with Gasteiger partial charge in [-0.3, -0.25) is 4.90 Å². The van der Waals surface area contributed by atoms with Gasteiger partial charge in [-0.25, -0.2) is 4.79 Å². The van der Waals surface area contributed by atoms with Crippen molar-refractivity contribution in [1.29, 1.82) is 0 Å². The molecule has 0 spiro atoms. The summed E-state index contributed by atoms with van der Waals surface area (Å²) in [5.74, 6) is 0.510. The first-order chi connectivity index (χ1) is 12.7. The van der Waals surface area contributed by atoms with Crippen molar-refractivity contribution in [2.45, 2.75) is 18.9 Å². The van der Waals surface area contributed by atoms with Gasteiger partial charge in [-0.2, -0.15) is 4.98 Å². The molecule has 1 aromatic heterocycles. The molecule has 2 heterocycles. The van der Waals surface area contributed by atoms with Gasteiger partial charge < -0.3 is 9.63 Å². The second-order valence-electron chi connectivity index (χ2n) is 6.49. The first kappa shape index (κ1) is 16.5. The zero-order chi connectivity index (χ0) is 17.9. The third kappa shape index (κ3) is 3.36. The third-order valence-corrected chi connectivity index (χ3v) is 4.76. The van der Waals surface area contributed by atoms with E-state index in [1.807, 2.05) is 42.5 Å². The molecule has 6 heteroatoms. The lowest BCUT2D eigenvalue weighted by Crippen LogP contribution is -2.21. The molecule has 1 aliphatic rings. The second kappa shape index (κ2) is 7.09. The lowest BCUT2D eigenvalue weighted by atomic mass is 9.93. The van der Waals surface area contributed by atoms with Gasteiger partial charge in [0.25, 0.3) is 5.89 Å². The Labute approximate surface area is 151 Å². The van der Waals surface area contributed by atoms with Crippen LogP contribution in [-0.2, 0) is 6.54 Å². The van der Waals surface area contributed by atoms with Gasteiger partial charge in [0.2, 0.25) is 0 Å². The average molecular weight is 349 g/mol. The number of carboxylic acid groups (broad SMARTS) is 1. The van der Waals surface area contributed by atoms with Crippen molar-refractivity contribution in [3.05, 3.63) is 71.5 Å². The third-order valence-electron chi connectivity index (χ3n) is 4.76. The Morgan fingerprint density at radius 1 is 1.15 bits per heavy atom. The quantitative estimate of drug-likeness (QED) is 0.760. The molecular weight excluding hydrogens is 330 g/mol. The second-order valence-corrected chi connectivity index (χ2v) is 6.49. The predicted molar refractivity (Wildman–Crippen MR) is 95.8 cm³/mol. The van der Waals surface area contributed by atoms with E-state index in [2.05, 4.69) is 15.0 Å². The average Bonchev–Trinajstić information content (AvgIpc) is 3.32. The number of nitrogens with zero attached hydrogens (tertiary/aromatic N) is 3. The maximum absolute atomic E-state index is 11.4. The highest BCUT2D eigenvalue weighted by Crippen LogP contribution is 2.30. The minimum absolute atomic E-state index is 0.211. The van der Waals surface area contributed by atoms with Crippen LogP contribution in [0.15, 0.2) is 59.1 Å². The number of rotatable bonds is 5. The van der Waals surface area contributed by atoms with Crippen LogP contribution >= 0.6 is 0 Å². The number of aromatic nitrogens is 2. The molecule has 6 nitrogen and oxygen atoms in total. The maximum Gasteiger partial charge on any atom is 0.335 e. The molecule has 0 saturated carbocycles. The lowest BCUT2D eigenvalue weighted by molar-refractivity contribution is 0.0695. The Hall–Kier alpha value is -2.99. The fourth-order valence-corrected chi connectivity index (χ4v) is 3.49. The molecule has 4 rings (SSSR count). The summed E-state index contributed by atoms with van der Waals surface area (Å²) < 4.78 is 5.36. The molecule has 1 atom stereocenters. The van der Waals surface area contributed by atoms with Crippen molar-refractivity contribution >= 4 is 5.97 Å². The van der Waals surface area contributed by atoms with Gasteiger partial charge in [-0.05, 0) is 42.6 Å². The van der Waals surface area contributed by atoms with Gasteiger partial charge in [-0.15, -0.1) is 0 Å². The Morgan fingerprint density at radius 3 is 2.73 bits per heavy atom. The fraction of sp³-hybridized carbons (Fsp3) is 0.250. The zero-order valence-electron chi connectivity index (χ0n) is 14.2. The van der Waals surface area contributed by atoms with Gasteiger partial charge >= 0.3 is 5.97 Å². The number of aromatic carboxylic acids is 1. The largest absolute Gasteiger partial charge is 0.478 e. The molecule has 132 valence electrons. The number of benzene rings is 2. The van der Waals surface area contributed by atoms with Gasteiger partial charge in [0.05, 0.1) is 12.1 Å². The molecule has 0 bridgehead atoms. The van der Waals surface area contributed by atoms with Crippen molar-refractivity contribution in [1.82, 2.24) is 15.0 Å². The molecule has 1 aliphatic heterocycles. The minimum atomic E-state index is -0.871. The predicted octanol–water partition coefficient (Wildman–Crippen LogP) is 3.42. The number of carboxylic acids is 1. The summed E-state index contributed by atoms with van der Waals surface area (Å²) in [6.07, 6.45) is 0.924. The molecule has 1 fully saturated rings. The monoisotopic (exact) mass is 349 g/mol. The summed E-state index contributed by atoms with van der Waals surface area (Å²) in [6.45, 7) is 2.27. The highest BCUT2D eigenvalue weighted by Gasteiger charge is 2.27. The van der Waals surface area contributed by atoms with E-state index in [1.54, 1.807) is 12.1 Å². The standard InChI is InChI=1S/C20H19N3O3/c24-20(25)17-9-5-4-8-16(17)15-10-11-23(12-15)13-18-21-19(26-22-18)14-6-2-1-3-7-14/h1-9,15H,10-13H2,(H,24,25)/t15-/m1/s1. The molecule has 1 N–H and O–H groups in total. The van der Waals surface area contributed by atoms with Crippen LogP contribution < -0.4 is 0 Å². The number of likely N-dealkylation sites (tertiary alicyclic amines) is 1. The van der Waals surface area contributed by atoms with Gasteiger partial charge in [0.1, 0.15) is 0 Å². The first-order valence-electron chi connectivity index (χ1n) is 8.63. The van der Waals surface area contributed by atoms with E-state index >= 15 is 0 Å². The smallest absolute Gasteiger partial charge is 0.335 e. The molecule has 1 saturated heterocycles. The molecule has 26 heavy (non-hydrogen) atoms. The number of hydrogen-bond donors (Lipinski definition) is 1. The van der Waals surface area contributed by atoms with Crippen molar-refractivity contribution in [3.63, 3.8) is 0 Å². The summed E-state index contributed by atoms with van der Waals surface area (Å²) in [4.78, 5) is 18.2. The fourth-order valence-electron chi connectivity index (χ4n) is 3.49. The SMILES string of the molecule is O=C(O)c1ccccc1[C@@H]1CCN(Cc2noc(-c3ccccc3)n2)C1. The van der Waals surface area contributed by atoms with Crippen LogP contribution in [0.4, 0.5) is 0 Å². The van der Waals surface area contributed by atoms with Crippen LogP contribution in [0.1, 0.15) is 34.1 Å². The van der Waals surface area contributed by atoms with E-state index in [4.69, 9.17) is 4.52 Å². The first-order valence-corrected chi connectivity index (χ1v) is 8.63. The molecule has 3 aromatic rings. The van der Waals surface area contributed by atoms with E-state index in [1.165, 1.54) is 0 Å². The highest BCUT2D eigenvalue weighted by molar-refractivity contribution is 5.89. The summed E-state index contributed by atoms with van der Waals surface area (Å²) >= 11 is 0. The summed E-state index contributed by atoms with van der Waals surface area (Å²) in [5.41, 5.74) is 2.20. The molecule has 0 aliphatic carbocycles. The van der Waals surface area contributed by atoms with Crippen molar-refractivity contribution in [2.24, 2.45) is 0 Å². The Morgan fingerprint density at radius 2 is 1.92 bits per heavy atom. The van der Waals surface area contributed by atoms with Crippen LogP contribution in [-0.4, -0.2) is 39.2 Å². The zero-order valence-corrected chi connectivity index (χ0v) is 14.2. The van der Waals surface area contributed by atoms with Crippen molar-refractivity contribution < 1.29 is 14.4 Å². The van der Waals surface area contributed by atoms with Crippen molar-refractivity contribution in [3.8, 4) is 11.5 Å². The van der Waals surface area contributed by atoms with E-state index < -0.39 is 5.97 Å². The van der Waals surface area contributed by atoms with Crippen LogP contribution in [0.25, 0.3) is 11.5 Å². The summed E-state index contributed by atoms with van der Waals surface area (Å²) in [6, 6.07) is 16.9. The highest BCUT2D eigenvalue weighted by atomic mass is 16.5. The number of carbonyl (C=O) groups is 1. The summed E-state index contributed by atoms with van der Waals surface area (Å²) in [7, 11) is 0. The van der Waals surface area contributed by atoms with E-state index in [0.717, 1.165) is 30.6 Å². The topological polar surface area (TPSA) is 79.5 Å². The van der Waals surface area contributed by atoms with Gasteiger partial charge in [-0.1, -0.05) is 41.6 Å². The molecular formula is C20H19N3O3. The Kier molecular flexibility index (Phi) is 4.50. The lowest BCUT2D eigenvalue weighted by Gasteiger charge is -2.15. The van der Waals surface area contributed by atoms with Crippen LogP contribution in [0.2, 0.25) is 0 Å². The maximum atomic E-state index is 11.4. The van der Waals surface area contributed by atoms with Crippen LogP contribution in [0.5, 0.6) is 0 Å². The molecule has 0 amide bonds. The van der Waals surface area contributed by atoms with Crippen molar-refractivity contribution in [2.75, 3.05) is 13.1 Å². The van der Waals surface area contributed by atoms with Gasteiger partial charge in [0.15, 0.2) is 5.82 Å². The molecule has 0 radical (unpaired) electrons. The Balaban J connectivity index is 1.44. The van der Waals surface area contributed by atoms with Gasteiger partial charge in [0, 0.05) is 12.1 Å². The van der Waals surface area contributed by atoms with E-state index in [-0.39, 0.29) is 5.92 Å². The minimum Gasteiger partial charge on any atom is -0.478 e. The molecule has 2 aromatic carbocycles. The van der Waals surface area contributed by atoms with Crippen LogP contribution in [0, 0.1) is 0 Å².